The molecule has 0 unspecified atom stereocenters. The summed E-state index contributed by atoms with van der Waals surface area (Å²) in [6.07, 6.45) is -4.25. The van der Waals surface area contributed by atoms with Crippen molar-refractivity contribution in [2.24, 2.45) is 0 Å². The number of ether oxygens (including phenoxy) is 2. The van der Waals surface area contributed by atoms with Crippen LogP contribution in [-0.4, -0.2) is 66.8 Å². The van der Waals surface area contributed by atoms with Gasteiger partial charge in [0.05, 0.1) is 6.61 Å². The SMILES string of the molecule is CO[C@H]([C@H](O)[C@H](O)CO)[C@H](C=O)OC. The summed E-state index contributed by atoms with van der Waals surface area (Å²) in [5.41, 5.74) is 0. The summed E-state index contributed by atoms with van der Waals surface area (Å²) in [6, 6.07) is 0. The number of methoxy groups -OCH3 is 2. The summed E-state index contributed by atoms with van der Waals surface area (Å²) in [6.45, 7) is -0.615. The predicted molar refractivity (Wildman–Crippen MR) is 46.8 cm³/mol. The fraction of sp³-hybridized carbons (Fsp3) is 0.875. The third kappa shape index (κ3) is 3.32. The number of carbonyl (C=O) groups excluding carboxylic acids is 1. The molecule has 84 valence electrons. The number of hydrogen-bond acceptors (Lipinski definition) is 6. The molecule has 0 heterocycles. The van der Waals surface area contributed by atoms with Crippen LogP contribution in [0.5, 0.6) is 0 Å². The van der Waals surface area contributed by atoms with E-state index in [9.17, 15) is 9.90 Å². The zero-order valence-electron chi connectivity index (χ0n) is 8.16. The average Bonchev–Trinajstić information content (AvgIpc) is 2.23. The molecule has 0 fully saturated rings. The second-order valence-corrected chi connectivity index (χ2v) is 2.78. The summed E-state index contributed by atoms with van der Waals surface area (Å²) >= 11 is 0. The average molecular weight is 208 g/mol. The van der Waals surface area contributed by atoms with Crippen molar-refractivity contribution in [2.45, 2.75) is 24.4 Å². The summed E-state index contributed by atoms with van der Waals surface area (Å²) in [7, 11) is 2.55. The lowest BCUT2D eigenvalue weighted by Gasteiger charge is -2.27. The first-order valence-electron chi connectivity index (χ1n) is 4.10. The number of aliphatic hydroxyl groups is 3. The molecule has 0 rings (SSSR count). The monoisotopic (exact) mass is 208 g/mol. The Bertz CT molecular complexity index is 162. The summed E-state index contributed by atoms with van der Waals surface area (Å²) in [5, 5.41) is 27.1. The Morgan fingerprint density at radius 2 is 1.86 bits per heavy atom. The molecule has 6 nitrogen and oxygen atoms in total. The van der Waals surface area contributed by atoms with E-state index in [2.05, 4.69) is 0 Å². The van der Waals surface area contributed by atoms with E-state index >= 15 is 0 Å². The molecule has 0 aromatic heterocycles. The number of carbonyl (C=O) groups is 1. The van der Waals surface area contributed by atoms with Gasteiger partial charge in [-0.1, -0.05) is 0 Å². The number of rotatable bonds is 7. The topological polar surface area (TPSA) is 96.2 Å². The van der Waals surface area contributed by atoms with Crippen molar-refractivity contribution in [3.63, 3.8) is 0 Å². The van der Waals surface area contributed by atoms with Crippen LogP contribution in [0.25, 0.3) is 0 Å². The molecule has 0 aromatic carbocycles. The van der Waals surface area contributed by atoms with Crippen molar-refractivity contribution >= 4 is 6.29 Å². The van der Waals surface area contributed by atoms with Crippen LogP contribution in [0, 0.1) is 0 Å². The van der Waals surface area contributed by atoms with E-state index in [-0.39, 0.29) is 0 Å². The van der Waals surface area contributed by atoms with Crippen LogP contribution in [0.15, 0.2) is 0 Å². The van der Waals surface area contributed by atoms with Gasteiger partial charge in [-0.15, -0.1) is 0 Å². The summed E-state index contributed by atoms with van der Waals surface area (Å²) < 4.78 is 9.52. The Kier molecular flexibility index (Phi) is 6.60. The zero-order valence-corrected chi connectivity index (χ0v) is 8.16. The van der Waals surface area contributed by atoms with Gasteiger partial charge in [0.15, 0.2) is 6.29 Å². The normalized spacial score (nSPS) is 19.8. The molecule has 0 aliphatic rings. The van der Waals surface area contributed by atoms with Gasteiger partial charge in [-0.2, -0.15) is 0 Å². The van der Waals surface area contributed by atoms with Crippen LogP contribution < -0.4 is 0 Å². The van der Waals surface area contributed by atoms with E-state index in [1.807, 2.05) is 0 Å². The van der Waals surface area contributed by atoms with E-state index in [1.54, 1.807) is 0 Å². The zero-order chi connectivity index (χ0) is 11.1. The Morgan fingerprint density at radius 1 is 1.29 bits per heavy atom. The van der Waals surface area contributed by atoms with Gasteiger partial charge in [-0.05, 0) is 0 Å². The Morgan fingerprint density at radius 3 is 2.14 bits per heavy atom. The Balaban J connectivity index is 4.44. The van der Waals surface area contributed by atoms with Gasteiger partial charge in [-0.25, -0.2) is 0 Å². The first-order valence-corrected chi connectivity index (χ1v) is 4.10. The molecule has 6 heteroatoms. The second-order valence-electron chi connectivity index (χ2n) is 2.78. The van der Waals surface area contributed by atoms with E-state index in [4.69, 9.17) is 19.7 Å². The molecule has 3 N–H and O–H groups in total. The number of aldehydes is 1. The molecule has 0 saturated heterocycles. The lowest BCUT2D eigenvalue weighted by Crippen LogP contribution is -2.48. The predicted octanol–water partition coefficient (Wildman–Crippen LogP) is -2.07. The molecule has 0 aliphatic carbocycles. The van der Waals surface area contributed by atoms with Crippen LogP contribution in [0.4, 0.5) is 0 Å². The third-order valence-electron chi connectivity index (χ3n) is 1.92. The van der Waals surface area contributed by atoms with Crippen molar-refractivity contribution in [1.29, 1.82) is 0 Å². The summed E-state index contributed by atoms with van der Waals surface area (Å²) in [4.78, 5) is 10.5. The molecule has 0 bridgehead atoms. The highest BCUT2D eigenvalue weighted by Crippen LogP contribution is 2.09. The minimum Gasteiger partial charge on any atom is -0.394 e. The van der Waals surface area contributed by atoms with Crippen LogP contribution in [0.1, 0.15) is 0 Å². The van der Waals surface area contributed by atoms with Crippen LogP contribution in [0.2, 0.25) is 0 Å². The van der Waals surface area contributed by atoms with Crippen molar-refractivity contribution in [2.75, 3.05) is 20.8 Å². The minimum absolute atomic E-state index is 0.460. The molecular weight excluding hydrogens is 192 g/mol. The quantitative estimate of drug-likeness (QED) is 0.416. The molecule has 0 radical (unpaired) electrons. The highest BCUT2D eigenvalue weighted by molar-refractivity contribution is 5.57. The van der Waals surface area contributed by atoms with Crippen molar-refractivity contribution in [1.82, 2.24) is 0 Å². The third-order valence-corrected chi connectivity index (χ3v) is 1.92. The highest BCUT2D eigenvalue weighted by Gasteiger charge is 2.32. The van der Waals surface area contributed by atoms with E-state index in [0.717, 1.165) is 0 Å². The smallest absolute Gasteiger partial charge is 0.151 e. The van der Waals surface area contributed by atoms with Gasteiger partial charge < -0.3 is 29.6 Å². The van der Waals surface area contributed by atoms with Gasteiger partial charge in [-0.3, -0.25) is 0 Å². The molecule has 0 aliphatic heterocycles. The number of aliphatic hydroxyl groups excluding tert-OH is 3. The maximum atomic E-state index is 10.5. The van der Waals surface area contributed by atoms with Crippen LogP contribution in [-0.2, 0) is 14.3 Å². The van der Waals surface area contributed by atoms with Gasteiger partial charge in [0.2, 0.25) is 0 Å². The van der Waals surface area contributed by atoms with E-state index in [1.165, 1.54) is 14.2 Å². The standard InChI is InChI=1S/C8H16O6/c1-13-6(4-10)8(14-2)7(12)5(11)3-9/h4-9,11-12H,3H2,1-2H3/t5-,6+,7-,8+/m1/s1. The van der Waals surface area contributed by atoms with Crippen molar-refractivity contribution < 1.29 is 29.6 Å². The van der Waals surface area contributed by atoms with Crippen LogP contribution in [0.3, 0.4) is 0 Å². The maximum Gasteiger partial charge on any atom is 0.151 e. The fourth-order valence-corrected chi connectivity index (χ4v) is 1.06. The maximum absolute atomic E-state index is 10.5. The van der Waals surface area contributed by atoms with Gasteiger partial charge in [0, 0.05) is 14.2 Å². The lowest BCUT2D eigenvalue weighted by atomic mass is 10.0. The molecule has 0 amide bonds. The van der Waals surface area contributed by atoms with Crippen LogP contribution >= 0.6 is 0 Å². The molecule has 0 spiro atoms. The van der Waals surface area contributed by atoms with E-state index < -0.39 is 31.0 Å². The first-order chi connectivity index (χ1) is 6.62. The highest BCUT2D eigenvalue weighted by atomic mass is 16.5. The first kappa shape index (κ1) is 13.5. The minimum atomic E-state index is -1.37. The van der Waals surface area contributed by atoms with Crippen molar-refractivity contribution in [3.8, 4) is 0 Å². The Hall–Kier alpha value is -0.530. The molecule has 4 atom stereocenters. The van der Waals surface area contributed by atoms with Crippen molar-refractivity contribution in [3.05, 3.63) is 0 Å². The van der Waals surface area contributed by atoms with Gasteiger partial charge in [0.1, 0.15) is 24.4 Å². The largest absolute Gasteiger partial charge is 0.394 e. The fourth-order valence-electron chi connectivity index (χ4n) is 1.06. The Labute approximate surface area is 82.1 Å². The molecule has 0 aromatic rings. The van der Waals surface area contributed by atoms with E-state index in [0.29, 0.717) is 6.29 Å². The van der Waals surface area contributed by atoms with Gasteiger partial charge >= 0.3 is 0 Å². The lowest BCUT2D eigenvalue weighted by molar-refractivity contribution is -0.148. The molecular formula is C8H16O6. The molecule has 0 saturated carbocycles. The number of hydrogen-bond donors (Lipinski definition) is 3. The summed E-state index contributed by atoms with van der Waals surface area (Å²) in [5.74, 6) is 0. The molecule has 14 heavy (non-hydrogen) atoms. The van der Waals surface area contributed by atoms with Gasteiger partial charge in [0.25, 0.3) is 0 Å². The second kappa shape index (κ2) is 6.86.